The number of aromatic hydroxyl groups is 1. The zero-order valence-corrected chi connectivity index (χ0v) is 7.91. The number of alkyl halides is 1. The van der Waals surface area contributed by atoms with E-state index in [0.717, 1.165) is 0 Å². The van der Waals surface area contributed by atoms with E-state index in [2.05, 4.69) is 5.32 Å². The Morgan fingerprint density at radius 2 is 2.29 bits per heavy atom. The highest BCUT2D eigenvalue weighted by atomic mass is 35.5. The monoisotopic (exact) mass is 213 g/mol. The molecule has 74 valence electrons. The molecule has 0 bridgehead atoms. The molecule has 0 aromatic heterocycles. The second kappa shape index (κ2) is 4.62. The second-order valence-electron chi connectivity index (χ2n) is 2.58. The molecule has 0 saturated heterocycles. The predicted molar refractivity (Wildman–Crippen MR) is 52.8 cm³/mol. The molecular formula is C9H8ClNO3. The third-order valence-corrected chi connectivity index (χ3v) is 1.80. The fourth-order valence-corrected chi connectivity index (χ4v) is 0.978. The molecule has 0 aliphatic carbocycles. The van der Waals surface area contributed by atoms with Gasteiger partial charge in [-0.15, -0.1) is 11.6 Å². The zero-order chi connectivity index (χ0) is 10.6. The number of benzene rings is 1. The highest BCUT2D eigenvalue weighted by Crippen LogP contribution is 2.23. The van der Waals surface area contributed by atoms with Gasteiger partial charge in [-0.1, -0.05) is 0 Å². The number of anilines is 1. The summed E-state index contributed by atoms with van der Waals surface area (Å²) in [4.78, 5) is 21.2. The largest absolute Gasteiger partial charge is 0.506 e. The standard InChI is InChI=1S/C9H8ClNO3/c10-4-9(14)11-7-2-1-6(5-12)3-8(7)13/h1-3,5,13H,4H2,(H,11,14). The van der Waals surface area contributed by atoms with Gasteiger partial charge in [0.05, 0.1) is 5.69 Å². The van der Waals surface area contributed by atoms with Crippen molar-refractivity contribution in [2.75, 3.05) is 11.2 Å². The fourth-order valence-electron chi connectivity index (χ4n) is 0.911. The summed E-state index contributed by atoms with van der Waals surface area (Å²) >= 11 is 5.26. The van der Waals surface area contributed by atoms with Gasteiger partial charge < -0.3 is 10.4 Å². The Balaban J connectivity index is 2.89. The van der Waals surface area contributed by atoms with Crippen LogP contribution in [0.1, 0.15) is 10.4 Å². The molecule has 0 aliphatic rings. The summed E-state index contributed by atoms with van der Waals surface area (Å²) in [6, 6.07) is 4.18. The van der Waals surface area contributed by atoms with E-state index in [1.165, 1.54) is 18.2 Å². The Bertz CT molecular complexity index is 365. The van der Waals surface area contributed by atoms with Gasteiger partial charge >= 0.3 is 0 Å². The molecule has 4 nitrogen and oxygen atoms in total. The molecule has 0 atom stereocenters. The summed E-state index contributed by atoms with van der Waals surface area (Å²) in [5.74, 6) is -0.761. The number of nitrogens with one attached hydrogen (secondary N) is 1. The molecule has 14 heavy (non-hydrogen) atoms. The first kappa shape index (κ1) is 10.5. The summed E-state index contributed by atoms with van der Waals surface area (Å²) in [5.41, 5.74) is 0.577. The predicted octanol–water partition coefficient (Wildman–Crippen LogP) is 1.38. The molecule has 0 saturated carbocycles. The van der Waals surface area contributed by atoms with Gasteiger partial charge in [0.2, 0.25) is 5.91 Å². The number of carbonyl (C=O) groups excluding carboxylic acids is 2. The number of halogens is 1. The Hall–Kier alpha value is -1.55. The summed E-state index contributed by atoms with van der Waals surface area (Å²) in [6.07, 6.45) is 0.604. The average molecular weight is 214 g/mol. The number of aldehydes is 1. The van der Waals surface area contributed by atoms with Crippen molar-refractivity contribution in [2.24, 2.45) is 0 Å². The van der Waals surface area contributed by atoms with Crippen molar-refractivity contribution in [3.8, 4) is 5.75 Å². The van der Waals surface area contributed by atoms with Crippen LogP contribution in [0.5, 0.6) is 5.75 Å². The molecule has 0 fully saturated rings. The minimum atomic E-state index is -0.416. The quantitative estimate of drug-likeness (QED) is 0.453. The van der Waals surface area contributed by atoms with Crippen molar-refractivity contribution >= 4 is 29.5 Å². The molecule has 0 aliphatic heterocycles. The minimum absolute atomic E-state index is 0.159. The number of carbonyl (C=O) groups is 2. The third kappa shape index (κ3) is 2.47. The van der Waals surface area contributed by atoms with Crippen molar-refractivity contribution < 1.29 is 14.7 Å². The SMILES string of the molecule is O=Cc1ccc(NC(=O)CCl)c(O)c1. The van der Waals surface area contributed by atoms with Gasteiger partial charge in [0.25, 0.3) is 0 Å². The van der Waals surface area contributed by atoms with Crippen molar-refractivity contribution in [1.29, 1.82) is 0 Å². The van der Waals surface area contributed by atoms with E-state index in [-0.39, 0.29) is 17.3 Å². The van der Waals surface area contributed by atoms with Crippen LogP contribution in [-0.4, -0.2) is 23.2 Å². The van der Waals surface area contributed by atoms with Crippen molar-refractivity contribution in [2.45, 2.75) is 0 Å². The van der Waals surface area contributed by atoms with E-state index in [9.17, 15) is 14.7 Å². The van der Waals surface area contributed by atoms with E-state index in [0.29, 0.717) is 11.8 Å². The van der Waals surface area contributed by atoms with Crippen LogP contribution in [0.2, 0.25) is 0 Å². The lowest BCUT2D eigenvalue weighted by Crippen LogP contribution is -2.12. The van der Waals surface area contributed by atoms with E-state index < -0.39 is 5.91 Å². The number of hydrogen-bond donors (Lipinski definition) is 2. The van der Waals surface area contributed by atoms with Crippen molar-refractivity contribution in [3.63, 3.8) is 0 Å². The van der Waals surface area contributed by atoms with Gasteiger partial charge in [-0.2, -0.15) is 0 Å². The minimum Gasteiger partial charge on any atom is -0.506 e. The highest BCUT2D eigenvalue weighted by Gasteiger charge is 2.05. The Morgan fingerprint density at radius 1 is 1.57 bits per heavy atom. The van der Waals surface area contributed by atoms with Gasteiger partial charge in [0.1, 0.15) is 17.9 Å². The maximum Gasteiger partial charge on any atom is 0.239 e. The van der Waals surface area contributed by atoms with Gasteiger partial charge in [-0.3, -0.25) is 9.59 Å². The van der Waals surface area contributed by atoms with Crippen molar-refractivity contribution in [3.05, 3.63) is 23.8 Å². The van der Waals surface area contributed by atoms with E-state index in [4.69, 9.17) is 11.6 Å². The van der Waals surface area contributed by atoms with Crippen LogP contribution in [0.25, 0.3) is 0 Å². The first-order valence-electron chi connectivity index (χ1n) is 3.81. The number of phenols is 1. The van der Waals surface area contributed by atoms with Crippen LogP contribution in [0.3, 0.4) is 0 Å². The summed E-state index contributed by atoms with van der Waals surface area (Å²) < 4.78 is 0. The number of rotatable bonds is 3. The maximum absolute atomic E-state index is 10.9. The Labute approximate surface area is 85.5 Å². The number of phenolic OH excluding ortho intramolecular Hbond substituents is 1. The first-order valence-corrected chi connectivity index (χ1v) is 4.35. The topological polar surface area (TPSA) is 66.4 Å². The number of amides is 1. The van der Waals surface area contributed by atoms with E-state index in [1.807, 2.05) is 0 Å². The van der Waals surface area contributed by atoms with Crippen molar-refractivity contribution in [1.82, 2.24) is 0 Å². The lowest BCUT2D eigenvalue weighted by Gasteiger charge is -2.05. The average Bonchev–Trinajstić information content (AvgIpc) is 2.20. The van der Waals surface area contributed by atoms with Crippen LogP contribution >= 0.6 is 11.6 Å². The van der Waals surface area contributed by atoms with Gasteiger partial charge in [0.15, 0.2) is 0 Å². The molecule has 0 unspecified atom stereocenters. The third-order valence-electron chi connectivity index (χ3n) is 1.55. The molecule has 0 spiro atoms. The summed E-state index contributed by atoms with van der Waals surface area (Å²) in [7, 11) is 0. The first-order chi connectivity index (χ1) is 6.67. The number of hydrogen-bond acceptors (Lipinski definition) is 3. The summed E-state index contributed by atoms with van der Waals surface area (Å²) in [5, 5.41) is 11.7. The molecule has 0 heterocycles. The van der Waals surface area contributed by atoms with Gasteiger partial charge in [0, 0.05) is 5.56 Å². The van der Waals surface area contributed by atoms with E-state index >= 15 is 0 Å². The van der Waals surface area contributed by atoms with Gasteiger partial charge in [-0.05, 0) is 18.2 Å². The van der Waals surface area contributed by atoms with Crippen LogP contribution in [0.4, 0.5) is 5.69 Å². The summed E-state index contributed by atoms with van der Waals surface area (Å²) in [6.45, 7) is 0. The van der Waals surface area contributed by atoms with Crippen LogP contribution in [-0.2, 0) is 4.79 Å². The maximum atomic E-state index is 10.9. The molecule has 2 N–H and O–H groups in total. The zero-order valence-electron chi connectivity index (χ0n) is 7.16. The highest BCUT2D eigenvalue weighted by molar-refractivity contribution is 6.29. The lowest BCUT2D eigenvalue weighted by molar-refractivity contribution is -0.113. The Morgan fingerprint density at radius 3 is 2.79 bits per heavy atom. The Kier molecular flexibility index (Phi) is 3.48. The second-order valence-corrected chi connectivity index (χ2v) is 2.84. The van der Waals surface area contributed by atoms with Crippen LogP contribution in [0.15, 0.2) is 18.2 Å². The molecule has 1 aromatic carbocycles. The van der Waals surface area contributed by atoms with E-state index in [1.54, 1.807) is 0 Å². The lowest BCUT2D eigenvalue weighted by atomic mass is 10.2. The molecule has 1 rings (SSSR count). The molecule has 0 radical (unpaired) electrons. The normalized spacial score (nSPS) is 9.50. The fraction of sp³-hybridized carbons (Fsp3) is 0.111. The smallest absolute Gasteiger partial charge is 0.239 e. The van der Waals surface area contributed by atoms with Crippen LogP contribution < -0.4 is 5.32 Å². The van der Waals surface area contributed by atoms with Gasteiger partial charge in [-0.25, -0.2) is 0 Å². The molecular weight excluding hydrogens is 206 g/mol. The molecule has 5 heteroatoms. The van der Waals surface area contributed by atoms with Crippen LogP contribution in [0, 0.1) is 0 Å². The molecule has 1 amide bonds. The molecule has 1 aromatic rings.